The van der Waals surface area contributed by atoms with Crippen LogP contribution in [0.2, 0.25) is 0 Å². The molecule has 0 N–H and O–H groups in total. The summed E-state index contributed by atoms with van der Waals surface area (Å²) in [6, 6.07) is 33.5. The number of benzene rings is 4. The summed E-state index contributed by atoms with van der Waals surface area (Å²) >= 11 is 5.59. The summed E-state index contributed by atoms with van der Waals surface area (Å²) in [5, 5.41) is 2.75. The number of allylic oxidation sites excluding steroid dienone is 1. The summed E-state index contributed by atoms with van der Waals surface area (Å²) < 4.78 is 0.218. The van der Waals surface area contributed by atoms with Gasteiger partial charge in [-0.05, 0) is 82.2 Å². The predicted octanol–water partition coefficient (Wildman–Crippen LogP) is 9.84. The fourth-order valence-electron chi connectivity index (χ4n) is 6.25. The van der Waals surface area contributed by atoms with E-state index in [9.17, 15) is 0 Å². The van der Waals surface area contributed by atoms with Crippen LogP contribution in [0.5, 0.6) is 0 Å². The summed E-state index contributed by atoms with van der Waals surface area (Å²) in [5.74, 6) is 1.94. The standard InChI is InChI=1S/C32H28I2/c33-32(34)21-23(16-15-22-9-3-1-4-10-22)19-25-17-18-28-26-13-7-8-14-27(26)29(20-30(28)31(25)32)24-11-5-2-6-12-24/h1-14,17-18,20,23,25,31H,15-16,19,21H2. The number of fused-ring (bicyclic) bond motifs is 5. The molecule has 2 aliphatic rings. The van der Waals surface area contributed by atoms with Crippen LogP contribution in [0.1, 0.15) is 41.9 Å². The highest BCUT2D eigenvalue weighted by molar-refractivity contribution is 14.2. The van der Waals surface area contributed by atoms with Gasteiger partial charge in [-0.1, -0.05) is 142 Å². The van der Waals surface area contributed by atoms with Gasteiger partial charge < -0.3 is 0 Å². The highest BCUT2D eigenvalue weighted by atomic mass is 127. The van der Waals surface area contributed by atoms with Crippen molar-refractivity contribution in [3.05, 3.63) is 114 Å². The SMILES string of the molecule is IC1(I)CC(CCc2ccccc2)CC2C=Cc3c(cc(-c4ccccc4)c4ccccc34)C21. The van der Waals surface area contributed by atoms with Gasteiger partial charge in [-0.15, -0.1) is 0 Å². The summed E-state index contributed by atoms with van der Waals surface area (Å²) in [7, 11) is 0. The van der Waals surface area contributed by atoms with Crippen LogP contribution in [0.15, 0.2) is 97.1 Å². The Kier molecular flexibility index (Phi) is 6.31. The van der Waals surface area contributed by atoms with Gasteiger partial charge in [0.15, 0.2) is 0 Å². The topological polar surface area (TPSA) is 0 Å². The lowest BCUT2D eigenvalue weighted by Crippen LogP contribution is -2.38. The number of aryl methyl sites for hydroxylation is 1. The highest BCUT2D eigenvalue weighted by Gasteiger charge is 2.47. The third-order valence-corrected chi connectivity index (χ3v) is 10.0. The zero-order valence-electron chi connectivity index (χ0n) is 19.1. The lowest BCUT2D eigenvalue weighted by Gasteiger charge is -2.46. The Bertz CT molecular complexity index is 1340. The molecule has 3 unspecified atom stereocenters. The van der Waals surface area contributed by atoms with Crippen molar-refractivity contribution in [1.29, 1.82) is 0 Å². The first-order chi connectivity index (χ1) is 16.6. The van der Waals surface area contributed by atoms with Crippen molar-refractivity contribution in [1.82, 2.24) is 0 Å². The van der Waals surface area contributed by atoms with Gasteiger partial charge in [0.2, 0.25) is 0 Å². The maximum absolute atomic E-state index is 2.79. The first kappa shape index (κ1) is 22.8. The Labute approximate surface area is 230 Å². The molecule has 0 spiro atoms. The molecule has 2 heteroatoms. The molecule has 0 aliphatic heterocycles. The Balaban J connectivity index is 1.39. The number of alkyl halides is 2. The Morgan fingerprint density at radius 2 is 1.47 bits per heavy atom. The van der Waals surface area contributed by atoms with Crippen LogP contribution in [0, 0.1) is 11.8 Å². The minimum absolute atomic E-state index is 0.218. The lowest BCUT2D eigenvalue weighted by atomic mass is 9.66. The van der Waals surface area contributed by atoms with Crippen LogP contribution in [-0.2, 0) is 6.42 Å². The Morgan fingerprint density at radius 1 is 0.794 bits per heavy atom. The summed E-state index contributed by atoms with van der Waals surface area (Å²) in [5.41, 5.74) is 7.16. The van der Waals surface area contributed by atoms with E-state index in [0.29, 0.717) is 11.8 Å². The largest absolute Gasteiger partial charge is 0.0811 e. The molecule has 0 radical (unpaired) electrons. The maximum atomic E-state index is 2.79. The molecular formula is C32H28I2. The van der Waals surface area contributed by atoms with E-state index in [-0.39, 0.29) is 1.43 Å². The second-order valence-electron chi connectivity index (χ2n) is 9.93. The molecule has 0 nitrogen and oxygen atoms in total. The van der Waals surface area contributed by atoms with Crippen molar-refractivity contribution < 1.29 is 0 Å². The Hall–Kier alpha value is -1.66. The Morgan fingerprint density at radius 3 is 2.24 bits per heavy atom. The smallest absolute Gasteiger partial charge is 0.0801 e. The molecule has 0 bridgehead atoms. The molecule has 4 aromatic carbocycles. The third-order valence-electron chi connectivity index (χ3n) is 7.78. The quantitative estimate of drug-likeness (QED) is 0.150. The summed E-state index contributed by atoms with van der Waals surface area (Å²) in [6.07, 6.45) is 10.0. The average molecular weight is 666 g/mol. The van der Waals surface area contributed by atoms with Gasteiger partial charge in [0, 0.05) is 5.92 Å². The van der Waals surface area contributed by atoms with Gasteiger partial charge in [0.1, 0.15) is 0 Å². The van der Waals surface area contributed by atoms with E-state index in [0.717, 1.165) is 5.92 Å². The van der Waals surface area contributed by atoms with Gasteiger partial charge in [-0.25, -0.2) is 0 Å². The van der Waals surface area contributed by atoms with Crippen LogP contribution < -0.4 is 0 Å². The molecule has 2 aliphatic carbocycles. The van der Waals surface area contributed by atoms with Crippen LogP contribution in [0.4, 0.5) is 0 Å². The van der Waals surface area contributed by atoms with Crippen LogP contribution in [-0.4, -0.2) is 1.43 Å². The molecule has 170 valence electrons. The van der Waals surface area contributed by atoms with E-state index in [2.05, 4.69) is 148 Å². The maximum Gasteiger partial charge on any atom is 0.0811 e. The van der Waals surface area contributed by atoms with Gasteiger partial charge in [0.25, 0.3) is 0 Å². The fourth-order valence-corrected chi connectivity index (χ4v) is 9.09. The van der Waals surface area contributed by atoms with Gasteiger partial charge in [-0.3, -0.25) is 0 Å². The molecule has 6 rings (SSSR count). The minimum atomic E-state index is 0.218. The van der Waals surface area contributed by atoms with Crippen molar-refractivity contribution in [2.75, 3.05) is 0 Å². The summed E-state index contributed by atoms with van der Waals surface area (Å²) in [6.45, 7) is 0. The molecule has 0 heterocycles. The normalized spacial score (nSPS) is 22.8. The zero-order chi connectivity index (χ0) is 23.1. The number of hydrogen-bond acceptors (Lipinski definition) is 0. The molecular weight excluding hydrogens is 638 g/mol. The van der Waals surface area contributed by atoms with Crippen molar-refractivity contribution >= 4 is 62.0 Å². The van der Waals surface area contributed by atoms with E-state index >= 15 is 0 Å². The number of hydrogen-bond donors (Lipinski definition) is 0. The predicted molar refractivity (Wildman–Crippen MR) is 163 cm³/mol. The molecule has 0 saturated heterocycles. The molecule has 4 aromatic rings. The minimum Gasteiger partial charge on any atom is -0.0801 e. The van der Waals surface area contributed by atoms with E-state index in [1.807, 2.05) is 0 Å². The third kappa shape index (κ3) is 4.26. The van der Waals surface area contributed by atoms with Crippen LogP contribution in [0.25, 0.3) is 28.0 Å². The number of halogens is 2. The highest BCUT2D eigenvalue weighted by Crippen LogP contribution is 2.59. The fraction of sp³-hybridized carbons (Fsp3) is 0.250. The van der Waals surface area contributed by atoms with Crippen molar-refractivity contribution in [2.24, 2.45) is 11.8 Å². The van der Waals surface area contributed by atoms with Crippen molar-refractivity contribution in [2.45, 2.75) is 33.0 Å². The van der Waals surface area contributed by atoms with Crippen LogP contribution in [0.3, 0.4) is 0 Å². The molecule has 1 fully saturated rings. The molecule has 34 heavy (non-hydrogen) atoms. The molecule has 1 saturated carbocycles. The van der Waals surface area contributed by atoms with Gasteiger partial charge >= 0.3 is 0 Å². The second kappa shape index (κ2) is 9.42. The second-order valence-corrected chi connectivity index (χ2v) is 15.8. The van der Waals surface area contributed by atoms with Crippen molar-refractivity contribution in [3.63, 3.8) is 0 Å². The average Bonchev–Trinajstić information content (AvgIpc) is 2.87. The van der Waals surface area contributed by atoms with E-state index < -0.39 is 0 Å². The first-order valence-corrected chi connectivity index (χ1v) is 14.5. The first-order valence-electron chi connectivity index (χ1n) is 12.3. The van der Waals surface area contributed by atoms with Crippen LogP contribution >= 0.6 is 45.2 Å². The lowest BCUT2D eigenvalue weighted by molar-refractivity contribution is 0.264. The van der Waals surface area contributed by atoms with E-state index in [4.69, 9.17) is 0 Å². The molecule has 0 amide bonds. The van der Waals surface area contributed by atoms with E-state index in [1.165, 1.54) is 58.7 Å². The van der Waals surface area contributed by atoms with Gasteiger partial charge in [0.05, 0.1) is 1.43 Å². The van der Waals surface area contributed by atoms with Gasteiger partial charge in [-0.2, -0.15) is 0 Å². The number of rotatable bonds is 4. The zero-order valence-corrected chi connectivity index (χ0v) is 23.4. The molecule has 0 aromatic heterocycles. The van der Waals surface area contributed by atoms with Crippen molar-refractivity contribution in [3.8, 4) is 11.1 Å². The van der Waals surface area contributed by atoms with E-state index in [1.54, 1.807) is 5.56 Å². The molecule has 3 atom stereocenters. The monoisotopic (exact) mass is 666 g/mol. The summed E-state index contributed by atoms with van der Waals surface area (Å²) in [4.78, 5) is 0.